The van der Waals surface area contributed by atoms with E-state index < -0.39 is 6.04 Å². The third kappa shape index (κ3) is 3.37. The molecule has 1 aromatic heterocycles. The Morgan fingerprint density at radius 2 is 1.52 bits per heavy atom. The number of benzene rings is 1. The zero-order valence-corrected chi connectivity index (χ0v) is 16.6. The van der Waals surface area contributed by atoms with Crippen molar-refractivity contribution in [2.24, 2.45) is 0 Å². The Labute approximate surface area is 162 Å². The highest BCUT2D eigenvalue weighted by Crippen LogP contribution is 2.29. The van der Waals surface area contributed by atoms with Crippen molar-refractivity contribution < 1.29 is 4.79 Å². The summed E-state index contributed by atoms with van der Waals surface area (Å²) in [4.78, 5) is 32.4. The highest BCUT2D eigenvalue weighted by atomic mass is 35.5. The van der Waals surface area contributed by atoms with Gasteiger partial charge in [-0.15, -0.1) is 0 Å². The number of carbonyl (C=O) groups is 1. The van der Waals surface area contributed by atoms with E-state index in [0.717, 1.165) is 0 Å². The van der Waals surface area contributed by atoms with Crippen LogP contribution in [-0.4, -0.2) is 61.1 Å². The van der Waals surface area contributed by atoms with Crippen LogP contribution >= 0.6 is 11.6 Å². The van der Waals surface area contributed by atoms with Gasteiger partial charge < -0.3 is 9.80 Å². The Hall–Kier alpha value is -2.94. The normalized spacial score (nSPS) is 16.9. The molecule has 1 atom stereocenters. The van der Waals surface area contributed by atoms with E-state index in [4.69, 9.17) is 17.0 Å². The van der Waals surface area contributed by atoms with Gasteiger partial charge in [-0.3, -0.25) is 15.1 Å². The van der Waals surface area contributed by atoms with Crippen molar-refractivity contribution in [2.75, 3.05) is 47.8 Å². The predicted molar refractivity (Wildman–Crippen MR) is 107 cm³/mol. The second-order valence-corrected chi connectivity index (χ2v) is 6.98. The SMILES string of the molecule is CC1C(=O)N(c2ccc(Cl)cc2)C(=N)N1c1nc(N(C)C)nc(N(C)C)n1. The average Bonchev–Trinajstić information content (AvgIpc) is 2.84. The lowest BCUT2D eigenvalue weighted by atomic mass is 10.2. The molecule has 0 aliphatic carbocycles. The summed E-state index contributed by atoms with van der Waals surface area (Å²) in [6.45, 7) is 1.72. The molecule has 10 heteroatoms. The van der Waals surface area contributed by atoms with Crippen molar-refractivity contribution >= 4 is 47.0 Å². The number of amides is 1. The molecule has 27 heavy (non-hydrogen) atoms. The van der Waals surface area contributed by atoms with Crippen LogP contribution in [0.3, 0.4) is 0 Å². The molecule has 1 aliphatic rings. The molecule has 9 nitrogen and oxygen atoms in total. The van der Waals surface area contributed by atoms with Crippen LogP contribution in [0, 0.1) is 5.41 Å². The van der Waals surface area contributed by atoms with Gasteiger partial charge in [-0.2, -0.15) is 15.0 Å². The molecule has 1 N–H and O–H groups in total. The lowest BCUT2D eigenvalue weighted by Gasteiger charge is -2.23. The molecule has 0 saturated carbocycles. The smallest absolute Gasteiger partial charge is 0.256 e. The van der Waals surface area contributed by atoms with E-state index in [2.05, 4.69) is 15.0 Å². The van der Waals surface area contributed by atoms with Crippen LogP contribution in [0.25, 0.3) is 0 Å². The maximum atomic E-state index is 12.8. The van der Waals surface area contributed by atoms with Gasteiger partial charge in [0.1, 0.15) is 6.04 Å². The lowest BCUT2D eigenvalue weighted by Crippen LogP contribution is -2.36. The molecule has 0 bridgehead atoms. The van der Waals surface area contributed by atoms with Crippen molar-refractivity contribution in [3.05, 3.63) is 29.3 Å². The summed E-state index contributed by atoms with van der Waals surface area (Å²) < 4.78 is 0. The number of nitrogens with one attached hydrogen (secondary N) is 1. The molecule has 0 radical (unpaired) electrons. The predicted octanol–water partition coefficient (Wildman–Crippen LogP) is 1.83. The molecular formula is C17H21ClN8O. The molecule has 1 fully saturated rings. The van der Waals surface area contributed by atoms with Crippen molar-refractivity contribution in [1.82, 2.24) is 15.0 Å². The second kappa shape index (κ2) is 6.99. The fourth-order valence-corrected chi connectivity index (χ4v) is 2.78. The minimum atomic E-state index is -0.624. The van der Waals surface area contributed by atoms with Crippen LogP contribution in [0.2, 0.25) is 5.02 Å². The molecule has 1 amide bonds. The van der Waals surface area contributed by atoms with Crippen LogP contribution in [0.15, 0.2) is 24.3 Å². The molecule has 1 unspecified atom stereocenters. The van der Waals surface area contributed by atoms with Gasteiger partial charge in [0.05, 0.1) is 5.69 Å². The monoisotopic (exact) mass is 388 g/mol. The summed E-state index contributed by atoms with van der Waals surface area (Å²) in [7, 11) is 7.29. The Morgan fingerprint density at radius 3 is 2.00 bits per heavy atom. The maximum Gasteiger partial charge on any atom is 0.256 e. The summed E-state index contributed by atoms with van der Waals surface area (Å²) >= 11 is 5.93. The van der Waals surface area contributed by atoms with E-state index in [-0.39, 0.29) is 17.8 Å². The van der Waals surface area contributed by atoms with Crippen molar-refractivity contribution in [3.63, 3.8) is 0 Å². The number of guanidine groups is 1. The van der Waals surface area contributed by atoms with E-state index in [1.807, 2.05) is 28.2 Å². The molecular weight excluding hydrogens is 368 g/mol. The molecule has 1 aromatic carbocycles. The average molecular weight is 389 g/mol. The van der Waals surface area contributed by atoms with E-state index in [1.165, 1.54) is 9.80 Å². The second-order valence-electron chi connectivity index (χ2n) is 6.54. The van der Waals surface area contributed by atoms with Gasteiger partial charge >= 0.3 is 0 Å². The Morgan fingerprint density at radius 1 is 1.00 bits per heavy atom. The number of hydrogen-bond acceptors (Lipinski definition) is 7. The fourth-order valence-electron chi connectivity index (χ4n) is 2.65. The molecule has 2 heterocycles. The topological polar surface area (TPSA) is 92.6 Å². The number of carbonyl (C=O) groups excluding carboxylic acids is 1. The van der Waals surface area contributed by atoms with Crippen molar-refractivity contribution in [3.8, 4) is 0 Å². The van der Waals surface area contributed by atoms with E-state index in [1.54, 1.807) is 41.0 Å². The highest BCUT2D eigenvalue weighted by Gasteiger charge is 2.43. The first kappa shape index (κ1) is 18.8. The highest BCUT2D eigenvalue weighted by molar-refractivity contribution is 6.31. The number of nitrogens with zero attached hydrogens (tertiary/aromatic N) is 7. The molecule has 2 aromatic rings. The van der Waals surface area contributed by atoms with Gasteiger partial charge in [0.25, 0.3) is 5.91 Å². The maximum absolute atomic E-state index is 12.8. The Bertz CT molecular complexity index is 857. The number of rotatable bonds is 4. The van der Waals surface area contributed by atoms with Crippen molar-refractivity contribution in [1.29, 1.82) is 5.41 Å². The van der Waals surface area contributed by atoms with Crippen LogP contribution in [0.5, 0.6) is 0 Å². The molecule has 1 saturated heterocycles. The van der Waals surface area contributed by atoms with E-state index in [0.29, 0.717) is 22.6 Å². The Kier molecular flexibility index (Phi) is 4.88. The van der Waals surface area contributed by atoms with Gasteiger partial charge in [0.15, 0.2) is 0 Å². The quantitative estimate of drug-likeness (QED) is 0.854. The number of halogens is 1. The van der Waals surface area contributed by atoms with E-state index >= 15 is 0 Å². The molecule has 1 aliphatic heterocycles. The van der Waals surface area contributed by atoms with Gasteiger partial charge in [0, 0.05) is 33.2 Å². The largest absolute Gasteiger partial charge is 0.347 e. The number of aromatic nitrogens is 3. The van der Waals surface area contributed by atoms with Gasteiger partial charge in [-0.05, 0) is 31.2 Å². The number of anilines is 4. The summed E-state index contributed by atoms with van der Waals surface area (Å²) in [5.74, 6) is 0.887. The minimum Gasteiger partial charge on any atom is -0.347 e. The zero-order valence-electron chi connectivity index (χ0n) is 15.8. The molecule has 3 rings (SSSR count). The first-order chi connectivity index (χ1) is 12.7. The standard InChI is InChI=1S/C17H21ClN8O/c1-10-13(27)26(12-8-6-11(18)7-9-12)14(19)25(10)17-21-15(23(2)3)20-16(22-17)24(4)5/h6-10,19H,1-5H3. The van der Waals surface area contributed by atoms with Gasteiger partial charge in [0.2, 0.25) is 23.8 Å². The molecule has 0 spiro atoms. The van der Waals surface area contributed by atoms with E-state index in [9.17, 15) is 4.79 Å². The third-order valence-corrected chi connectivity index (χ3v) is 4.36. The summed E-state index contributed by atoms with van der Waals surface area (Å²) in [6.07, 6.45) is 0. The molecule has 142 valence electrons. The minimum absolute atomic E-state index is 0.0181. The zero-order chi connectivity index (χ0) is 19.9. The first-order valence-corrected chi connectivity index (χ1v) is 8.66. The summed E-state index contributed by atoms with van der Waals surface area (Å²) in [5.41, 5.74) is 0.568. The summed E-state index contributed by atoms with van der Waals surface area (Å²) in [5, 5.41) is 9.14. The van der Waals surface area contributed by atoms with Gasteiger partial charge in [-0.25, -0.2) is 4.90 Å². The van der Waals surface area contributed by atoms with Gasteiger partial charge in [-0.1, -0.05) is 11.6 Å². The summed E-state index contributed by atoms with van der Waals surface area (Å²) in [6, 6.07) is 6.15. The Balaban J connectivity index is 2.05. The number of hydrogen-bond donors (Lipinski definition) is 1. The third-order valence-electron chi connectivity index (χ3n) is 4.11. The van der Waals surface area contributed by atoms with Crippen LogP contribution in [-0.2, 0) is 4.79 Å². The van der Waals surface area contributed by atoms with Crippen molar-refractivity contribution in [2.45, 2.75) is 13.0 Å². The lowest BCUT2D eigenvalue weighted by molar-refractivity contribution is -0.117. The first-order valence-electron chi connectivity index (χ1n) is 8.28. The van der Waals surface area contributed by atoms with Crippen LogP contribution in [0.4, 0.5) is 23.5 Å². The fraction of sp³-hybridized carbons (Fsp3) is 0.353. The van der Waals surface area contributed by atoms with Crippen LogP contribution < -0.4 is 19.6 Å². The van der Waals surface area contributed by atoms with Crippen LogP contribution in [0.1, 0.15) is 6.92 Å².